The lowest BCUT2D eigenvalue weighted by atomic mass is 9.78. The minimum absolute atomic E-state index is 0.0255. The van der Waals surface area contributed by atoms with Crippen molar-refractivity contribution in [1.82, 2.24) is 9.97 Å². The third-order valence-corrected chi connectivity index (χ3v) is 8.94. The molecular weight excluding hydrogens is 499 g/mol. The summed E-state index contributed by atoms with van der Waals surface area (Å²) in [5, 5.41) is 0. The van der Waals surface area contributed by atoms with Gasteiger partial charge in [0.2, 0.25) is 5.88 Å². The fourth-order valence-corrected chi connectivity index (χ4v) is 6.85. The molecule has 5 rings (SSSR count). The van der Waals surface area contributed by atoms with Gasteiger partial charge in [0.15, 0.2) is 17.4 Å². The van der Waals surface area contributed by atoms with Gasteiger partial charge in [-0.3, -0.25) is 9.59 Å². The highest BCUT2D eigenvalue weighted by atomic mass is 32.2. The van der Waals surface area contributed by atoms with Gasteiger partial charge >= 0.3 is 6.18 Å². The van der Waals surface area contributed by atoms with E-state index in [1.807, 2.05) is 0 Å². The molecule has 2 spiro atoms. The van der Waals surface area contributed by atoms with Crippen LogP contribution in [0.3, 0.4) is 0 Å². The predicted octanol–water partition coefficient (Wildman–Crippen LogP) is 3.25. The molecule has 0 bridgehead atoms. The maximum absolute atomic E-state index is 13.6. The third-order valence-electron chi connectivity index (χ3n) is 7.33. The molecule has 2 saturated heterocycles. The number of carbonyl (C=O) groups is 2. The summed E-state index contributed by atoms with van der Waals surface area (Å²) >= 11 is 1.38. The molecule has 2 atom stereocenters. The van der Waals surface area contributed by atoms with E-state index in [0.29, 0.717) is 68.8 Å². The van der Waals surface area contributed by atoms with Crippen LogP contribution in [0.25, 0.3) is 5.70 Å². The van der Waals surface area contributed by atoms with E-state index in [-0.39, 0.29) is 35.6 Å². The number of ether oxygens (including phenoxy) is 3. The van der Waals surface area contributed by atoms with Crippen LogP contribution in [0.2, 0.25) is 0 Å². The number of nitrogens with two attached hydrogens (primary N) is 1. The van der Waals surface area contributed by atoms with E-state index >= 15 is 0 Å². The van der Waals surface area contributed by atoms with Crippen LogP contribution < -0.4 is 10.5 Å². The van der Waals surface area contributed by atoms with Crippen molar-refractivity contribution in [3.63, 3.8) is 0 Å². The second-order valence-electron chi connectivity index (χ2n) is 9.75. The summed E-state index contributed by atoms with van der Waals surface area (Å²) < 4.78 is 54.1. The van der Waals surface area contributed by atoms with Gasteiger partial charge in [-0.05, 0) is 37.9 Å². The van der Waals surface area contributed by atoms with Crippen LogP contribution in [0.1, 0.15) is 62.0 Å². The number of ketones is 2. The molecule has 1 aromatic rings. The average molecular weight is 528 g/mol. The van der Waals surface area contributed by atoms with E-state index in [2.05, 4.69) is 4.98 Å². The van der Waals surface area contributed by atoms with Crippen LogP contribution in [0.15, 0.2) is 5.57 Å². The van der Waals surface area contributed by atoms with Crippen molar-refractivity contribution in [3.8, 4) is 5.88 Å². The number of alkyl halides is 3. The molecule has 3 aliphatic heterocycles. The fraction of sp³-hybridized carbons (Fsp3) is 0.667. The first-order valence-electron chi connectivity index (χ1n) is 12.1. The predicted molar refractivity (Wildman–Crippen MR) is 124 cm³/mol. The van der Waals surface area contributed by atoms with Gasteiger partial charge in [-0.1, -0.05) is 0 Å². The van der Waals surface area contributed by atoms with Crippen molar-refractivity contribution in [1.29, 1.82) is 0 Å². The molecule has 0 unspecified atom stereocenters. The maximum Gasteiger partial charge on any atom is 0.392 e. The Kier molecular flexibility index (Phi) is 6.80. The second-order valence-corrected chi connectivity index (χ2v) is 11.1. The zero-order valence-corrected chi connectivity index (χ0v) is 20.6. The molecule has 196 valence electrons. The van der Waals surface area contributed by atoms with E-state index in [9.17, 15) is 22.8 Å². The van der Waals surface area contributed by atoms with E-state index in [1.165, 1.54) is 11.8 Å². The van der Waals surface area contributed by atoms with Crippen molar-refractivity contribution >= 4 is 29.0 Å². The maximum atomic E-state index is 13.6. The Balaban J connectivity index is 1.57. The van der Waals surface area contributed by atoms with Crippen molar-refractivity contribution in [2.75, 3.05) is 32.2 Å². The summed E-state index contributed by atoms with van der Waals surface area (Å²) in [6.45, 7) is 0.620. The van der Waals surface area contributed by atoms with E-state index in [4.69, 9.17) is 24.9 Å². The Morgan fingerprint density at radius 2 is 1.92 bits per heavy atom. The standard InChI is InChI=1S/C24H28F3N3O5S/c25-24(26,27)7-9-35-21-15-11-34-13-22(6-8-33-12-22)18(15)29-20(30-21)17(28)14-3-1-5-23(19(14)32)16(31)4-2-10-36-23/h1-13,28H2/b17-14-/t22-,23+/m1/s1. The molecule has 8 nitrogen and oxygen atoms in total. The van der Waals surface area contributed by atoms with Gasteiger partial charge in [-0.2, -0.15) is 18.2 Å². The highest BCUT2D eigenvalue weighted by molar-refractivity contribution is 8.02. The molecule has 3 fully saturated rings. The molecule has 4 heterocycles. The first-order valence-corrected chi connectivity index (χ1v) is 13.1. The highest BCUT2D eigenvalue weighted by Crippen LogP contribution is 2.46. The minimum atomic E-state index is -4.39. The Morgan fingerprint density at radius 3 is 2.64 bits per heavy atom. The zero-order valence-electron chi connectivity index (χ0n) is 19.7. The van der Waals surface area contributed by atoms with Crippen molar-refractivity contribution in [3.05, 3.63) is 22.7 Å². The van der Waals surface area contributed by atoms with Gasteiger partial charge < -0.3 is 19.9 Å². The normalized spacial score (nSPS) is 30.1. The third kappa shape index (κ3) is 4.51. The topological polar surface area (TPSA) is 114 Å². The summed E-state index contributed by atoms with van der Waals surface area (Å²) in [4.78, 5) is 35.5. The van der Waals surface area contributed by atoms with Gasteiger partial charge in [0, 0.05) is 18.6 Å². The molecule has 0 radical (unpaired) electrons. The molecule has 2 N–H and O–H groups in total. The first kappa shape index (κ1) is 25.5. The fourth-order valence-electron chi connectivity index (χ4n) is 5.40. The van der Waals surface area contributed by atoms with Crippen molar-refractivity contribution < 1.29 is 37.0 Å². The number of carbonyl (C=O) groups excluding carboxylic acids is 2. The number of Topliss-reactive ketones (excluding diaryl/α,β-unsaturated/α-hetero) is 2. The lowest BCUT2D eigenvalue weighted by Gasteiger charge is -2.38. The summed E-state index contributed by atoms with van der Waals surface area (Å²) in [6, 6.07) is 0. The number of hydrogen-bond donors (Lipinski definition) is 1. The SMILES string of the molecule is N/C(=C1/CCC[C@@]2(SCCCC2=O)C1=O)c1nc(OCCC(F)(F)F)c2c(n1)[C@@]1(CCOC1)COC2. The average Bonchev–Trinajstić information content (AvgIpc) is 3.30. The summed E-state index contributed by atoms with van der Waals surface area (Å²) in [5.74, 6) is 0.340. The lowest BCUT2D eigenvalue weighted by Crippen LogP contribution is -2.49. The number of thioether (sulfide) groups is 1. The van der Waals surface area contributed by atoms with Crippen LogP contribution in [0, 0.1) is 0 Å². The van der Waals surface area contributed by atoms with Gasteiger partial charge in [0.05, 0.1) is 55.2 Å². The van der Waals surface area contributed by atoms with Crippen molar-refractivity contribution in [2.24, 2.45) is 5.73 Å². The number of hydrogen-bond acceptors (Lipinski definition) is 9. The number of allylic oxidation sites excluding steroid dienone is 1. The van der Waals surface area contributed by atoms with Crippen LogP contribution >= 0.6 is 11.8 Å². The van der Waals surface area contributed by atoms with Gasteiger partial charge in [-0.15, -0.1) is 11.8 Å². The first-order chi connectivity index (χ1) is 17.2. The van der Waals surface area contributed by atoms with E-state index in [1.54, 1.807) is 0 Å². The Bertz CT molecular complexity index is 1100. The van der Waals surface area contributed by atoms with E-state index < -0.39 is 29.4 Å². The highest BCUT2D eigenvalue weighted by Gasteiger charge is 2.51. The molecule has 1 saturated carbocycles. The van der Waals surface area contributed by atoms with Crippen LogP contribution in [-0.4, -0.2) is 64.6 Å². The monoisotopic (exact) mass is 527 g/mol. The molecule has 36 heavy (non-hydrogen) atoms. The van der Waals surface area contributed by atoms with Crippen LogP contribution in [0.4, 0.5) is 13.2 Å². The van der Waals surface area contributed by atoms with Crippen molar-refractivity contribution in [2.45, 2.75) is 67.9 Å². The van der Waals surface area contributed by atoms with E-state index in [0.717, 1.165) is 12.2 Å². The Labute approximate surface area is 210 Å². The Morgan fingerprint density at radius 1 is 1.11 bits per heavy atom. The second kappa shape index (κ2) is 9.60. The number of aromatic nitrogens is 2. The summed E-state index contributed by atoms with van der Waals surface area (Å²) in [7, 11) is 0. The number of halogens is 3. The zero-order chi connectivity index (χ0) is 25.6. The molecule has 0 aromatic carbocycles. The van der Waals surface area contributed by atoms with Gasteiger partial charge in [0.25, 0.3) is 0 Å². The quantitative estimate of drug-likeness (QED) is 0.466. The smallest absolute Gasteiger partial charge is 0.392 e. The summed E-state index contributed by atoms with van der Waals surface area (Å²) in [5.41, 5.74) is 7.29. The largest absolute Gasteiger partial charge is 0.477 e. The molecule has 0 amide bonds. The molecule has 1 aromatic heterocycles. The van der Waals surface area contributed by atoms with Gasteiger partial charge in [-0.25, -0.2) is 4.98 Å². The molecule has 4 aliphatic rings. The number of fused-ring (bicyclic) bond motifs is 2. The molecular formula is C24H28F3N3O5S. The number of rotatable bonds is 4. The Hall–Kier alpha value is -2.18. The molecule has 1 aliphatic carbocycles. The summed E-state index contributed by atoms with van der Waals surface area (Å²) in [6.07, 6.45) is -2.35. The number of nitrogens with zero attached hydrogens (tertiary/aromatic N) is 2. The van der Waals surface area contributed by atoms with Gasteiger partial charge in [0.1, 0.15) is 4.75 Å². The van der Waals surface area contributed by atoms with Crippen LogP contribution in [-0.2, 0) is 31.1 Å². The van der Waals surface area contributed by atoms with Crippen LogP contribution in [0.5, 0.6) is 5.88 Å². The minimum Gasteiger partial charge on any atom is -0.477 e. The molecule has 12 heteroatoms. The lowest BCUT2D eigenvalue weighted by molar-refractivity contribution is -0.139.